The van der Waals surface area contributed by atoms with Crippen LogP contribution in [0.2, 0.25) is 0 Å². The molecule has 2 atom stereocenters. The number of hydrogen-bond acceptors (Lipinski definition) is 4. The maximum atomic E-state index is 11.5. The van der Waals surface area contributed by atoms with E-state index in [-0.39, 0.29) is 11.8 Å². The molecular weight excluding hydrogens is 292 g/mol. The van der Waals surface area contributed by atoms with Crippen LogP contribution in [0.5, 0.6) is 0 Å². The number of aliphatic hydroxyl groups is 1. The van der Waals surface area contributed by atoms with Gasteiger partial charge in [0.2, 0.25) is 5.91 Å². The van der Waals surface area contributed by atoms with E-state index in [0.717, 1.165) is 32.5 Å². The lowest BCUT2D eigenvalue weighted by Crippen LogP contribution is -2.27. The average Bonchev–Trinajstić information content (AvgIpc) is 2.87. The molecular formula is C18H28N2O3. The van der Waals surface area contributed by atoms with Crippen molar-refractivity contribution in [2.45, 2.75) is 31.9 Å². The molecule has 1 heterocycles. The molecule has 0 spiro atoms. The standard InChI is InChI=1S/C18H28N2O3/c1-19-18(22)10-16-12-20(13-17(16)21)11-15-6-3-5-14(9-15)7-4-8-23-2/h3,5-6,9,16-17,21H,4,7-8,10-13H2,1-2H3,(H,19,22)/t16-,17-/m1/s1. The predicted molar refractivity (Wildman–Crippen MR) is 90.1 cm³/mol. The predicted octanol–water partition coefficient (Wildman–Crippen LogP) is 1.19. The largest absolute Gasteiger partial charge is 0.391 e. The van der Waals surface area contributed by atoms with Gasteiger partial charge >= 0.3 is 0 Å². The summed E-state index contributed by atoms with van der Waals surface area (Å²) in [7, 11) is 3.36. The normalized spacial score (nSPS) is 21.5. The number of benzene rings is 1. The number of β-amino-alcohol motifs (C(OH)–C–C–N with tert-alkyl or cyclic N) is 1. The quantitative estimate of drug-likeness (QED) is 0.707. The molecule has 1 aromatic rings. The Morgan fingerprint density at radius 1 is 1.39 bits per heavy atom. The molecule has 1 aliphatic heterocycles. The van der Waals surface area contributed by atoms with E-state index in [9.17, 15) is 9.90 Å². The second-order valence-electron chi connectivity index (χ2n) is 6.32. The van der Waals surface area contributed by atoms with E-state index in [0.29, 0.717) is 13.0 Å². The minimum absolute atomic E-state index is 0.00367. The minimum Gasteiger partial charge on any atom is -0.391 e. The highest BCUT2D eigenvalue weighted by atomic mass is 16.5. The molecule has 1 amide bonds. The Bertz CT molecular complexity index is 507. The fourth-order valence-electron chi connectivity index (χ4n) is 3.17. The smallest absolute Gasteiger partial charge is 0.220 e. The molecule has 23 heavy (non-hydrogen) atoms. The lowest BCUT2D eigenvalue weighted by Gasteiger charge is -2.16. The lowest BCUT2D eigenvalue weighted by molar-refractivity contribution is -0.122. The third kappa shape index (κ3) is 5.61. The summed E-state index contributed by atoms with van der Waals surface area (Å²) in [6.45, 7) is 3.00. The number of aliphatic hydroxyl groups excluding tert-OH is 1. The Kier molecular flexibility index (Phi) is 7.02. The number of ether oxygens (including phenoxy) is 1. The van der Waals surface area contributed by atoms with Crippen LogP contribution < -0.4 is 5.32 Å². The summed E-state index contributed by atoms with van der Waals surface area (Å²) in [6.07, 6.45) is 2.02. The molecule has 2 rings (SSSR count). The van der Waals surface area contributed by atoms with Gasteiger partial charge < -0.3 is 15.2 Å². The first-order chi connectivity index (χ1) is 11.1. The van der Waals surface area contributed by atoms with Gasteiger partial charge in [-0.05, 0) is 24.0 Å². The summed E-state index contributed by atoms with van der Waals surface area (Å²) in [5, 5.41) is 12.8. The zero-order chi connectivity index (χ0) is 16.7. The molecule has 1 saturated heterocycles. The molecule has 1 aliphatic rings. The number of aryl methyl sites for hydroxylation is 1. The monoisotopic (exact) mass is 320 g/mol. The second kappa shape index (κ2) is 9.01. The van der Waals surface area contributed by atoms with Crippen molar-refractivity contribution in [2.75, 3.05) is 33.9 Å². The van der Waals surface area contributed by atoms with Crippen LogP contribution in [0, 0.1) is 5.92 Å². The zero-order valence-corrected chi connectivity index (χ0v) is 14.1. The Morgan fingerprint density at radius 3 is 2.91 bits per heavy atom. The van der Waals surface area contributed by atoms with Gasteiger partial charge in [-0.1, -0.05) is 24.3 Å². The first-order valence-electron chi connectivity index (χ1n) is 8.30. The fourth-order valence-corrected chi connectivity index (χ4v) is 3.17. The van der Waals surface area contributed by atoms with Crippen molar-refractivity contribution in [3.05, 3.63) is 35.4 Å². The van der Waals surface area contributed by atoms with Gasteiger partial charge in [0.15, 0.2) is 0 Å². The van der Waals surface area contributed by atoms with Crippen molar-refractivity contribution in [3.8, 4) is 0 Å². The van der Waals surface area contributed by atoms with Gasteiger partial charge in [0.05, 0.1) is 6.10 Å². The van der Waals surface area contributed by atoms with Crippen LogP contribution >= 0.6 is 0 Å². The van der Waals surface area contributed by atoms with Crippen molar-refractivity contribution in [1.82, 2.24) is 10.2 Å². The van der Waals surface area contributed by atoms with Gasteiger partial charge in [-0.2, -0.15) is 0 Å². The van der Waals surface area contributed by atoms with Crippen LogP contribution in [0.25, 0.3) is 0 Å². The molecule has 1 fully saturated rings. The van der Waals surface area contributed by atoms with E-state index in [4.69, 9.17) is 4.74 Å². The van der Waals surface area contributed by atoms with E-state index in [1.807, 2.05) is 0 Å². The molecule has 0 unspecified atom stereocenters. The molecule has 5 nitrogen and oxygen atoms in total. The van der Waals surface area contributed by atoms with Crippen LogP contribution in [-0.4, -0.2) is 55.9 Å². The van der Waals surface area contributed by atoms with Crippen LogP contribution in [0.1, 0.15) is 24.0 Å². The number of nitrogens with one attached hydrogen (secondary N) is 1. The summed E-state index contributed by atoms with van der Waals surface area (Å²) < 4.78 is 5.10. The van der Waals surface area contributed by atoms with Gasteiger partial charge in [-0.3, -0.25) is 9.69 Å². The van der Waals surface area contributed by atoms with Crippen molar-refractivity contribution < 1.29 is 14.6 Å². The second-order valence-corrected chi connectivity index (χ2v) is 6.32. The molecule has 0 aromatic heterocycles. The molecule has 0 aliphatic carbocycles. The Morgan fingerprint density at radius 2 is 2.17 bits per heavy atom. The van der Waals surface area contributed by atoms with E-state index >= 15 is 0 Å². The molecule has 0 bridgehead atoms. The average molecular weight is 320 g/mol. The Hall–Kier alpha value is -1.43. The molecule has 1 aromatic carbocycles. The van der Waals surface area contributed by atoms with Gasteiger partial charge in [0.25, 0.3) is 0 Å². The lowest BCUT2D eigenvalue weighted by atomic mass is 10.0. The van der Waals surface area contributed by atoms with E-state index < -0.39 is 6.10 Å². The summed E-state index contributed by atoms with van der Waals surface area (Å²) in [5.74, 6) is 0.0240. The first kappa shape index (κ1) is 17.9. The van der Waals surface area contributed by atoms with Gasteiger partial charge in [0.1, 0.15) is 0 Å². The molecule has 128 valence electrons. The minimum atomic E-state index is -0.419. The van der Waals surface area contributed by atoms with Gasteiger partial charge in [-0.15, -0.1) is 0 Å². The number of rotatable bonds is 8. The number of amides is 1. The third-order valence-corrected chi connectivity index (χ3v) is 4.42. The Labute approximate surface area is 138 Å². The third-order valence-electron chi connectivity index (χ3n) is 4.42. The summed E-state index contributed by atoms with van der Waals surface area (Å²) in [5.41, 5.74) is 2.58. The maximum absolute atomic E-state index is 11.5. The van der Waals surface area contributed by atoms with Crippen LogP contribution in [0.3, 0.4) is 0 Å². The van der Waals surface area contributed by atoms with Crippen LogP contribution in [0.15, 0.2) is 24.3 Å². The highest BCUT2D eigenvalue weighted by Crippen LogP contribution is 2.22. The topological polar surface area (TPSA) is 61.8 Å². The Balaban J connectivity index is 1.87. The highest BCUT2D eigenvalue weighted by Gasteiger charge is 2.32. The number of nitrogens with zero attached hydrogens (tertiary/aromatic N) is 1. The molecule has 5 heteroatoms. The summed E-state index contributed by atoms with van der Waals surface area (Å²) in [6, 6.07) is 8.59. The molecule has 0 saturated carbocycles. The number of likely N-dealkylation sites (tertiary alicyclic amines) is 1. The van der Waals surface area contributed by atoms with E-state index in [2.05, 4.69) is 34.5 Å². The van der Waals surface area contributed by atoms with Crippen molar-refractivity contribution in [3.63, 3.8) is 0 Å². The number of methoxy groups -OCH3 is 1. The number of carbonyl (C=O) groups excluding carboxylic acids is 1. The van der Waals surface area contributed by atoms with Gasteiger partial charge in [-0.25, -0.2) is 0 Å². The zero-order valence-electron chi connectivity index (χ0n) is 14.1. The molecule has 2 N–H and O–H groups in total. The van der Waals surface area contributed by atoms with E-state index in [1.54, 1.807) is 14.2 Å². The number of hydrogen-bond donors (Lipinski definition) is 2. The van der Waals surface area contributed by atoms with Crippen LogP contribution in [-0.2, 0) is 22.5 Å². The maximum Gasteiger partial charge on any atom is 0.220 e. The summed E-state index contributed by atoms with van der Waals surface area (Å²) >= 11 is 0. The van der Waals surface area contributed by atoms with Crippen LogP contribution in [0.4, 0.5) is 0 Å². The highest BCUT2D eigenvalue weighted by molar-refractivity contribution is 5.75. The van der Waals surface area contributed by atoms with Crippen molar-refractivity contribution in [2.24, 2.45) is 5.92 Å². The molecule has 0 radical (unpaired) electrons. The first-order valence-corrected chi connectivity index (χ1v) is 8.30. The van der Waals surface area contributed by atoms with Crippen molar-refractivity contribution >= 4 is 5.91 Å². The summed E-state index contributed by atoms with van der Waals surface area (Å²) in [4.78, 5) is 13.7. The van der Waals surface area contributed by atoms with Gasteiger partial charge in [0, 0.05) is 52.7 Å². The van der Waals surface area contributed by atoms with E-state index in [1.165, 1.54) is 11.1 Å². The van der Waals surface area contributed by atoms with Crippen molar-refractivity contribution in [1.29, 1.82) is 0 Å². The number of carbonyl (C=O) groups is 1. The SMILES string of the molecule is CNC(=O)C[C@@H]1CN(Cc2cccc(CCCOC)c2)C[C@H]1O. The fraction of sp³-hybridized carbons (Fsp3) is 0.611.